The molecule has 2 rings (SSSR count). The molecule has 0 fully saturated rings. The molecule has 0 radical (unpaired) electrons. The van der Waals surface area contributed by atoms with E-state index in [0.29, 0.717) is 0 Å². The molecule has 0 bridgehead atoms. The smallest absolute Gasteiger partial charge is 0.338 e. The first-order chi connectivity index (χ1) is 10.9. The van der Waals surface area contributed by atoms with Gasteiger partial charge < -0.3 is 14.0 Å². The van der Waals surface area contributed by atoms with Crippen molar-refractivity contribution in [1.82, 2.24) is 19.1 Å². The van der Waals surface area contributed by atoms with E-state index >= 15 is 0 Å². The molecule has 0 aliphatic carbocycles. The summed E-state index contributed by atoms with van der Waals surface area (Å²) in [5.41, 5.74) is 0. The van der Waals surface area contributed by atoms with Crippen molar-refractivity contribution in [3.8, 4) is 0 Å². The summed E-state index contributed by atoms with van der Waals surface area (Å²) in [5, 5.41) is 0. The van der Waals surface area contributed by atoms with Crippen LogP contribution in [0.2, 0.25) is 0 Å². The van der Waals surface area contributed by atoms with E-state index in [1.54, 1.807) is 32.6 Å². The van der Waals surface area contributed by atoms with E-state index in [9.17, 15) is 4.57 Å². The first-order valence-corrected chi connectivity index (χ1v) is 8.87. The summed E-state index contributed by atoms with van der Waals surface area (Å²) in [7, 11) is -1.72. The zero-order valence-corrected chi connectivity index (χ0v) is 15.3. The molecule has 2 aromatic heterocycles. The lowest BCUT2D eigenvalue weighted by atomic mass is 10.7. The molecule has 23 heavy (non-hydrogen) atoms. The highest BCUT2D eigenvalue weighted by atomic mass is 31.2. The third-order valence-corrected chi connectivity index (χ3v) is 3.74. The van der Waals surface area contributed by atoms with Crippen LogP contribution in [0.15, 0.2) is 31.1 Å². The Bertz CT molecular complexity index is 530. The van der Waals surface area contributed by atoms with Gasteiger partial charge in [-0.2, -0.15) is 0 Å². The number of phosphoric acid groups is 1. The van der Waals surface area contributed by atoms with E-state index in [1.165, 1.54) is 0 Å². The largest absolute Gasteiger partial charge is 0.472 e. The second-order valence-electron chi connectivity index (χ2n) is 4.28. The Morgan fingerprint density at radius 2 is 1.78 bits per heavy atom. The van der Waals surface area contributed by atoms with E-state index in [2.05, 4.69) is 25.9 Å². The fourth-order valence-corrected chi connectivity index (χ4v) is 2.00. The number of hydrogen-bond acceptors (Lipinski definition) is 5. The molecule has 0 aliphatic rings. The SMILES string of the molecule is CCOP(=O)(O)OCC.CCn1ccnc1.Cc1nccn1C. The van der Waals surface area contributed by atoms with Gasteiger partial charge in [0.2, 0.25) is 0 Å². The number of imidazole rings is 2. The predicted octanol–water partition coefficient (Wildman–Crippen LogP) is 2.79. The number of aryl methyl sites for hydroxylation is 3. The van der Waals surface area contributed by atoms with Crippen LogP contribution < -0.4 is 0 Å². The molecule has 0 amide bonds. The summed E-state index contributed by atoms with van der Waals surface area (Å²) in [4.78, 5) is 16.5. The fourth-order valence-electron chi connectivity index (χ4n) is 1.28. The lowest BCUT2D eigenvalue weighted by molar-refractivity contribution is 0.161. The van der Waals surface area contributed by atoms with E-state index in [0.717, 1.165) is 12.4 Å². The molecule has 0 spiro atoms. The van der Waals surface area contributed by atoms with E-state index in [4.69, 9.17) is 4.89 Å². The molecule has 0 atom stereocenters. The Hall–Kier alpha value is -1.47. The topological polar surface area (TPSA) is 91.4 Å². The summed E-state index contributed by atoms with van der Waals surface area (Å²) >= 11 is 0. The number of rotatable bonds is 5. The van der Waals surface area contributed by atoms with E-state index in [1.807, 2.05) is 35.5 Å². The maximum atomic E-state index is 10.5. The molecule has 8 nitrogen and oxygen atoms in total. The summed E-state index contributed by atoms with van der Waals surface area (Å²) in [6.07, 6.45) is 9.24. The van der Waals surface area contributed by atoms with Crippen molar-refractivity contribution in [2.45, 2.75) is 34.2 Å². The van der Waals surface area contributed by atoms with Crippen LogP contribution in [0.4, 0.5) is 0 Å². The molecule has 0 aromatic carbocycles. The second kappa shape index (κ2) is 12.0. The standard InChI is InChI=1S/2C5H8N2.C4H11O4P/c1-5-6-3-4-7(5)2;1-2-7-4-3-6-5-7;1-3-7-9(5,6)8-4-2/h3-4H,1-2H3;3-5H,2H2,1H3;3-4H2,1-2H3,(H,5,6). The third kappa shape index (κ3) is 10.8. The lowest BCUT2D eigenvalue weighted by Gasteiger charge is -2.07. The minimum absolute atomic E-state index is 0.188. The van der Waals surface area contributed by atoms with Crippen LogP contribution in [0.1, 0.15) is 26.6 Å². The van der Waals surface area contributed by atoms with Crippen molar-refractivity contribution in [3.63, 3.8) is 0 Å². The van der Waals surface area contributed by atoms with Gasteiger partial charge in [-0.15, -0.1) is 0 Å². The Morgan fingerprint density at radius 3 is 2.00 bits per heavy atom. The van der Waals surface area contributed by atoms with Gasteiger partial charge in [-0.25, -0.2) is 14.5 Å². The van der Waals surface area contributed by atoms with Gasteiger partial charge in [0.05, 0.1) is 19.5 Å². The van der Waals surface area contributed by atoms with Crippen LogP contribution in [-0.4, -0.2) is 37.2 Å². The second-order valence-corrected chi connectivity index (χ2v) is 5.74. The summed E-state index contributed by atoms with van der Waals surface area (Å²) in [6, 6.07) is 0. The molecule has 2 heterocycles. The molecule has 1 N–H and O–H groups in total. The van der Waals surface area contributed by atoms with Gasteiger partial charge >= 0.3 is 7.82 Å². The van der Waals surface area contributed by atoms with Crippen LogP contribution in [0.3, 0.4) is 0 Å². The van der Waals surface area contributed by atoms with Crippen molar-refractivity contribution in [2.75, 3.05) is 13.2 Å². The van der Waals surface area contributed by atoms with Crippen molar-refractivity contribution in [3.05, 3.63) is 36.9 Å². The number of phosphoric ester groups is 1. The fraction of sp³-hybridized carbons (Fsp3) is 0.571. The normalized spacial score (nSPS) is 10.3. The summed E-state index contributed by atoms with van der Waals surface area (Å²) in [6.45, 7) is 8.70. The van der Waals surface area contributed by atoms with Gasteiger partial charge in [-0.1, -0.05) is 0 Å². The van der Waals surface area contributed by atoms with Gasteiger partial charge in [-0.05, 0) is 27.7 Å². The average Bonchev–Trinajstić information content (AvgIpc) is 3.13. The number of nitrogens with zero attached hydrogens (tertiary/aromatic N) is 4. The summed E-state index contributed by atoms with van der Waals surface area (Å²) in [5.74, 6) is 1.06. The van der Waals surface area contributed by atoms with Crippen LogP contribution in [0, 0.1) is 6.92 Å². The van der Waals surface area contributed by atoms with Gasteiger partial charge in [0.15, 0.2) is 0 Å². The Morgan fingerprint density at radius 1 is 1.17 bits per heavy atom. The van der Waals surface area contributed by atoms with Crippen LogP contribution >= 0.6 is 7.82 Å². The monoisotopic (exact) mass is 346 g/mol. The highest BCUT2D eigenvalue weighted by molar-refractivity contribution is 7.47. The highest BCUT2D eigenvalue weighted by Gasteiger charge is 2.17. The average molecular weight is 346 g/mol. The molecular formula is C14H27N4O4P. The lowest BCUT2D eigenvalue weighted by Crippen LogP contribution is -1.93. The maximum Gasteiger partial charge on any atom is 0.472 e. The minimum Gasteiger partial charge on any atom is -0.338 e. The number of aromatic nitrogens is 4. The van der Waals surface area contributed by atoms with E-state index in [-0.39, 0.29) is 13.2 Å². The van der Waals surface area contributed by atoms with Crippen molar-refractivity contribution >= 4 is 7.82 Å². The van der Waals surface area contributed by atoms with Gasteiger partial charge in [0.1, 0.15) is 5.82 Å². The van der Waals surface area contributed by atoms with Crippen LogP contribution in [0.25, 0.3) is 0 Å². The molecule has 132 valence electrons. The van der Waals surface area contributed by atoms with Crippen LogP contribution in [-0.2, 0) is 27.2 Å². The molecule has 0 aliphatic heterocycles. The first-order valence-electron chi connectivity index (χ1n) is 7.37. The zero-order valence-electron chi connectivity index (χ0n) is 14.4. The molecule has 0 saturated carbocycles. The highest BCUT2D eigenvalue weighted by Crippen LogP contribution is 2.42. The quantitative estimate of drug-likeness (QED) is 0.837. The van der Waals surface area contributed by atoms with E-state index < -0.39 is 7.82 Å². The Kier molecular flexibility index (Phi) is 11.2. The van der Waals surface area contributed by atoms with Gasteiger partial charge in [-0.3, -0.25) is 9.05 Å². The molecule has 2 aromatic rings. The third-order valence-electron chi connectivity index (χ3n) is 2.57. The zero-order chi connectivity index (χ0) is 17.7. The Balaban J connectivity index is 0.000000318. The number of hydrogen-bond donors (Lipinski definition) is 1. The Labute approximate surface area is 137 Å². The molecular weight excluding hydrogens is 319 g/mol. The molecule has 0 unspecified atom stereocenters. The minimum atomic E-state index is -3.69. The molecule has 9 heteroatoms. The first kappa shape index (κ1) is 21.5. The van der Waals surface area contributed by atoms with Crippen molar-refractivity contribution in [1.29, 1.82) is 0 Å². The van der Waals surface area contributed by atoms with Crippen molar-refractivity contribution in [2.24, 2.45) is 7.05 Å². The van der Waals surface area contributed by atoms with Gasteiger partial charge in [0.25, 0.3) is 0 Å². The summed E-state index contributed by atoms with van der Waals surface area (Å²) < 4.78 is 23.2. The maximum absolute atomic E-state index is 10.5. The molecule has 0 saturated heterocycles. The predicted molar refractivity (Wildman–Crippen MR) is 88.9 cm³/mol. The van der Waals surface area contributed by atoms with Crippen molar-refractivity contribution < 1.29 is 18.5 Å². The van der Waals surface area contributed by atoms with Gasteiger partial charge in [0, 0.05) is 38.4 Å². The van der Waals surface area contributed by atoms with Crippen LogP contribution in [0.5, 0.6) is 0 Å².